The van der Waals surface area contributed by atoms with Crippen LogP contribution in [-0.2, 0) is 4.79 Å². The van der Waals surface area contributed by atoms with E-state index in [0.717, 1.165) is 11.3 Å². The van der Waals surface area contributed by atoms with Gasteiger partial charge in [0.05, 0.1) is 0 Å². The van der Waals surface area contributed by atoms with Gasteiger partial charge in [-0.05, 0) is 37.3 Å². The van der Waals surface area contributed by atoms with Gasteiger partial charge in [0, 0.05) is 18.2 Å². The highest BCUT2D eigenvalue weighted by Gasteiger charge is 2.12. The van der Waals surface area contributed by atoms with Crippen LogP contribution in [0.3, 0.4) is 0 Å². The van der Waals surface area contributed by atoms with Gasteiger partial charge in [-0.15, -0.1) is 12.4 Å². The normalized spacial score (nSPS) is 11.9. The zero-order chi connectivity index (χ0) is 13.7. The Balaban J connectivity index is 0.00000324. The summed E-state index contributed by atoms with van der Waals surface area (Å²) in [5.74, 6) is 0.442. The quantitative estimate of drug-likeness (QED) is 0.868. The van der Waals surface area contributed by atoms with E-state index in [1.165, 1.54) is 5.56 Å². The topological polar surface area (TPSA) is 55.1 Å². The van der Waals surface area contributed by atoms with Crippen LogP contribution in [0.15, 0.2) is 18.2 Å². The molecular formula is C15H25ClN2O. The number of carbonyl (C=O) groups excluding carboxylic acids is 1. The Labute approximate surface area is 122 Å². The van der Waals surface area contributed by atoms with Gasteiger partial charge in [-0.3, -0.25) is 4.79 Å². The van der Waals surface area contributed by atoms with Crippen LogP contribution in [0.5, 0.6) is 0 Å². The van der Waals surface area contributed by atoms with Crippen molar-refractivity contribution < 1.29 is 4.79 Å². The minimum atomic E-state index is 0. The summed E-state index contributed by atoms with van der Waals surface area (Å²) in [6.45, 7) is 8.20. The highest BCUT2D eigenvalue weighted by atomic mass is 35.5. The molecule has 0 heterocycles. The van der Waals surface area contributed by atoms with E-state index in [2.05, 4.69) is 25.2 Å². The van der Waals surface area contributed by atoms with E-state index in [0.29, 0.717) is 18.8 Å². The average Bonchev–Trinajstić information content (AvgIpc) is 2.28. The Bertz CT molecular complexity index is 417. The van der Waals surface area contributed by atoms with E-state index in [9.17, 15) is 4.79 Å². The molecule has 0 saturated heterocycles. The molecule has 0 spiro atoms. The molecule has 1 amide bonds. The molecule has 3 N–H and O–H groups in total. The van der Waals surface area contributed by atoms with Gasteiger partial charge < -0.3 is 11.1 Å². The lowest BCUT2D eigenvalue weighted by Crippen LogP contribution is -2.20. The maximum atomic E-state index is 11.9. The summed E-state index contributed by atoms with van der Waals surface area (Å²) in [4.78, 5) is 11.9. The molecular weight excluding hydrogens is 260 g/mol. The van der Waals surface area contributed by atoms with Crippen molar-refractivity contribution in [3.8, 4) is 0 Å². The first-order valence-corrected chi connectivity index (χ1v) is 6.56. The number of benzene rings is 1. The van der Waals surface area contributed by atoms with Gasteiger partial charge in [0.15, 0.2) is 0 Å². The lowest BCUT2D eigenvalue weighted by molar-refractivity contribution is -0.116. The summed E-state index contributed by atoms with van der Waals surface area (Å²) in [7, 11) is 0. The van der Waals surface area contributed by atoms with Crippen LogP contribution >= 0.6 is 12.4 Å². The second-order valence-corrected chi connectivity index (χ2v) is 5.26. The fraction of sp³-hybridized carbons (Fsp3) is 0.533. The third-order valence-corrected chi connectivity index (χ3v) is 3.02. The maximum Gasteiger partial charge on any atom is 0.224 e. The minimum Gasteiger partial charge on any atom is -0.328 e. The van der Waals surface area contributed by atoms with Crippen molar-refractivity contribution >= 4 is 24.0 Å². The standard InChI is InChI=1S/C15H24N2O.ClH/c1-10(2)13-7-5-6-11(3)15(13)17-14(18)9-8-12(4)16;/h5-7,10,12H,8-9,16H2,1-4H3,(H,17,18);1H. The Kier molecular flexibility index (Phi) is 7.72. The number of nitrogens with two attached hydrogens (primary N) is 1. The van der Waals surface area contributed by atoms with E-state index in [-0.39, 0.29) is 24.4 Å². The number of halogens is 1. The van der Waals surface area contributed by atoms with E-state index < -0.39 is 0 Å². The smallest absolute Gasteiger partial charge is 0.224 e. The Morgan fingerprint density at radius 3 is 2.47 bits per heavy atom. The molecule has 19 heavy (non-hydrogen) atoms. The first kappa shape index (κ1) is 17.9. The number of para-hydroxylation sites is 1. The molecule has 0 aliphatic rings. The number of hydrogen-bond acceptors (Lipinski definition) is 2. The van der Waals surface area contributed by atoms with Crippen LogP contribution < -0.4 is 11.1 Å². The number of anilines is 1. The minimum absolute atomic E-state index is 0. The molecule has 0 radical (unpaired) electrons. The first-order valence-electron chi connectivity index (χ1n) is 6.56. The average molecular weight is 285 g/mol. The van der Waals surface area contributed by atoms with Crippen molar-refractivity contribution in [2.75, 3.05) is 5.32 Å². The lowest BCUT2D eigenvalue weighted by Gasteiger charge is -2.16. The molecule has 4 heteroatoms. The summed E-state index contributed by atoms with van der Waals surface area (Å²) in [5.41, 5.74) is 8.91. The summed E-state index contributed by atoms with van der Waals surface area (Å²) < 4.78 is 0. The SMILES string of the molecule is Cc1cccc(C(C)C)c1NC(=O)CCC(C)N.Cl. The molecule has 1 rings (SSSR count). The van der Waals surface area contributed by atoms with Gasteiger partial charge >= 0.3 is 0 Å². The third-order valence-electron chi connectivity index (χ3n) is 3.02. The Morgan fingerprint density at radius 2 is 1.95 bits per heavy atom. The summed E-state index contributed by atoms with van der Waals surface area (Å²) in [5, 5.41) is 3.02. The molecule has 1 unspecified atom stereocenters. The van der Waals surface area contributed by atoms with Crippen molar-refractivity contribution in [1.29, 1.82) is 0 Å². The molecule has 0 aromatic heterocycles. The second kappa shape index (κ2) is 8.18. The number of carbonyl (C=O) groups is 1. The van der Waals surface area contributed by atoms with Crippen LogP contribution in [0.25, 0.3) is 0 Å². The highest BCUT2D eigenvalue weighted by Crippen LogP contribution is 2.27. The van der Waals surface area contributed by atoms with Crippen molar-refractivity contribution in [3.63, 3.8) is 0 Å². The molecule has 3 nitrogen and oxygen atoms in total. The van der Waals surface area contributed by atoms with Crippen LogP contribution in [0.4, 0.5) is 5.69 Å². The predicted octanol–water partition coefficient (Wildman–Crippen LogP) is 3.61. The fourth-order valence-electron chi connectivity index (χ4n) is 1.90. The first-order chi connectivity index (χ1) is 8.41. The Hall–Kier alpha value is -1.06. The van der Waals surface area contributed by atoms with Crippen LogP contribution in [0.2, 0.25) is 0 Å². The van der Waals surface area contributed by atoms with Crippen molar-refractivity contribution in [3.05, 3.63) is 29.3 Å². The molecule has 0 bridgehead atoms. The second-order valence-electron chi connectivity index (χ2n) is 5.26. The number of hydrogen-bond donors (Lipinski definition) is 2. The van der Waals surface area contributed by atoms with E-state index in [4.69, 9.17) is 5.73 Å². The van der Waals surface area contributed by atoms with E-state index >= 15 is 0 Å². The maximum absolute atomic E-state index is 11.9. The number of rotatable bonds is 5. The van der Waals surface area contributed by atoms with Crippen molar-refractivity contribution in [2.45, 2.75) is 52.5 Å². The zero-order valence-corrected chi connectivity index (χ0v) is 13.0. The summed E-state index contributed by atoms with van der Waals surface area (Å²) >= 11 is 0. The zero-order valence-electron chi connectivity index (χ0n) is 12.2. The van der Waals surface area contributed by atoms with Gasteiger partial charge in [0.2, 0.25) is 5.91 Å². The van der Waals surface area contributed by atoms with E-state index in [1.54, 1.807) is 0 Å². The molecule has 1 aromatic carbocycles. The molecule has 108 valence electrons. The molecule has 0 saturated carbocycles. The third kappa shape index (κ3) is 5.62. The van der Waals surface area contributed by atoms with Crippen LogP contribution in [0, 0.1) is 6.92 Å². The summed E-state index contributed by atoms with van der Waals surface area (Å²) in [6.07, 6.45) is 1.19. The van der Waals surface area contributed by atoms with Crippen molar-refractivity contribution in [1.82, 2.24) is 0 Å². The van der Waals surface area contributed by atoms with Gasteiger partial charge in [-0.2, -0.15) is 0 Å². The predicted molar refractivity (Wildman–Crippen MR) is 84.0 cm³/mol. The number of amides is 1. The molecule has 0 fully saturated rings. The largest absolute Gasteiger partial charge is 0.328 e. The Morgan fingerprint density at radius 1 is 1.32 bits per heavy atom. The molecule has 1 atom stereocenters. The monoisotopic (exact) mass is 284 g/mol. The van der Waals surface area contributed by atoms with E-state index in [1.807, 2.05) is 26.0 Å². The van der Waals surface area contributed by atoms with Crippen molar-refractivity contribution in [2.24, 2.45) is 5.73 Å². The number of nitrogens with one attached hydrogen (secondary N) is 1. The van der Waals surface area contributed by atoms with Crippen LogP contribution in [-0.4, -0.2) is 11.9 Å². The number of aryl methyl sites for hydroxylation is 1. The highest BCUT2D eigenvalue weighted by molar-refractivity contribution is 5.92. The van der Waals surface area contributed by atoms with Gasteiger partial charge in [-0.25, -0.2) is 0 Å². The summed E-state index contributed by atoms with van der Waals surface area (Å²) in [6, 6.07) is 6.19. The van der Waals surface area contributed by atoms with Crippen LogP contribution in [0.1, 0.15) is 50.7 Å². The van der Waals surface area contributed by atoms with Gasteiger partial charge in [0.1, 0.15) is 0 Å². The molecule has 0 aliphatic carbocycles. The van der Waals surface area contributed by atoms with Gasteiger partial charge in [-0.1, -0.05) is 32.0 Å². The molecule has 1 aromatic rings. The molecule has 0 aliphatic heterocycles. The van der Waals surface area contributed by atoms with Gasteiger partial charge in [0.25, 0.3) is 0 Å². The fourth-order valence-corrected chi connectivity index (χ4v) is 1.90. The lowest BCUT2D eigenvalue weighted by atomic mass is 9.98.